The lowest BCUT2D eigenvalue weighted by molar-refractivity contribution is 0.0175. The molecule has 1 radical (unpaired) electrons. The van der Waals surface area contributed by atoms with Crippen molar-refractivity contribution < 1.29 is 14.3 Å². The fourth-order valence-corrected chi connectivity index (χ4v) is 4.02. The van der Waals surface area contributed by atoms with Crippen LogP contribution < -0.4 is 0 Å². The van der Waals surface area contributed by atoms with Crippen molar-refractivity contribution in [1.29, 1.82) is 0 Å². The smallest absolute Gasteiger partial charge is 0.205 e. The minimum Gasteiger partial charge on any atom is -0.414 e. The molecule has 4 atom stereocenters. The highest BCUT2D eigenvalue weighted by atomic mass is 28.3. The molecule has 0 saturated carbocycles. The molecule has 129 valence electrons. The molecule has 1 aliphatic heterocycles. The summed E-state index contributed by atoms with van der Waals surface area (Å²) in [5.41, 5.74) is 1.28. The molecular weight excluding hydrogens is 306 g/mol. The number of aliphatic hydroxyl groups excluding tert-OH is 1. The van der Waals surface area contributed by atoms with Crippen LogP contribution in [0.2, 0.25) is 13.1 Å². The number of ether oxygens (including phenoxy) is 1. The monoisotopic (exact) mass is 336 g/mol. The first-order valence-electron chi connectivity index (χ1n) is 8.44. The lowest BCUT2D eigenvalue weighted by Crippen LogP contribution is -2.37. The van der Waals surface area contributed by atoms with Gasteiger partial charge in [0.05, 0.1) is 24.9 Å². The first-order valence-corrected chi connectivity index (χ1v) is 10.8. The van der Waals surface area contributed by atoms with Gasteiger partial charge in [-0.2, -0.15) is 0 Å². The van der Waals surface area contributed by atoms with E-state index in [0.29, 0.717) is 6.61 Å². The molecule has 2 rings (SSSR count). The summed E-state index contributed by atoms with van der Waals surface area (Å²) in [5.74, 6) is -0.0264. The van der Waals surface area contributed by atoms with E-state index in [1.54, 1.807) is 6.20 Å². The van der Waals surface area contributed by atoms with Crippen LogP contribution in [0.15, 0.2) is 24.5 Å². The van der Waals surface area contributed by atoms with E-state index < -0.39 is 15.1 Å². The number of hydrogen-bond donors (Lipinski definition) is 1. The fraction of sp³-hybridized carbons (Fsp3) is 0.722. The Labute approximate surface area is 142 Å². The van der Waals surface area contributed by atoms with Crippen LogP contribution in [0.3, 0.4) is 0 Å². The van der Waals surface area contributed by atoms with E-state index in [4.69, 9.17) is 9.16 Å². The molecule has 0 aliphatic carbocycles. The summed E-state index contributed by atoms with van der Waals surface area (Å²) in [4.78, 5) is 4.20. The number of pyridine rings is 1. The molecule has 2 heterocycles. The molecule has 1 saturated heterocycles. The second-order valence-electron chi connectivity index (χ2n) is 7.85. The number of hydrogen-bond acceptors (Lipinski definition) is 4. The lowest BCUT2D eigenvalue weighted by atomic mass is 9.82. The Morgan fingerprint density at radius 1 is 1.43 bits per heavy atom. The van der Waals surface area contributed by atoms with Crippen molar-refractivity contribution in [3.05, 3.63) is 30.1 Å². The summed E-state index contributed by atoms with van der Waals surface area (Å²) in [6.45, 7) is 11.4. The first-order chi connectivity index (χ1) is 10.8. The molecule has 4 nitrogen and oxygen atoms in total. The van der Waals surface area contributed by atoms with Crippen LogP contribution >= 0.6 is 0 Å². The Morgan fingerprint density at radius 3 is 2.74 bits per heavy atom. The summed E-state index contributed by atoms with van der Waals surface area (Å²) in [7, 11) is -0.847. The molecule has 0 aromatic carbocycles. The second kappa shape index (κ2) is 7.88. The van der Waals surface area contributed by atoms with Crippen LogP contribution in [0.1, 0.15) is 45.3 Å². The summed E-state index contributed by atoms with van der Waals surface area (Å²) >= 11 is 0. The van der Waals surface area contributed by atoms with E-state index in [1.807, 2.05) is 18.3 Å². The normalized spacial score (nSPS) is 26.7. The van der Waals surface area contributed by atoms with E-state index in [1.165, 1.54) is 0 Å². The Bertz CT molecular complexity index is 475. The van der Waals surface area contributed by atoms with Gasteiger partial charge in [-0.15, -0.1) is 0 Å². The fourth-order valence-electron chi connectivity index (χ4n) is 3.14. The van der Waals surface area contributed by atoms with E-state index in [2.05, 4.69) is 38.8 Å². The number of nitrogens with zero attached hydrogens (tertiary/aromatic N) is 1. The van der Waals surface area contributed by atoms with Gasteiger partial charge in [-0.25, -0.2) is 0 Å². The van der Waals surface area contributed by atoms with E-state index in [9.17, 15) is 5.11 Å². The Kier molecular flexibility index (Phi) is 6.37. The predicted octanol–water partition coefficient (Wildman–Crippen LogP) is 3.59. The summed E-state index contributed by atoms with van der Waals surface area (Å²) in [6.07, 6.45) is 5.02. The first kappa shape index (κ1) is 18.6. The maximum Gasteiger partial charge on any atom is 0.205 e. The number of rotatable bonds is 6. The van der Waals surface area contributed by atoms with Crippen molar-refractivity contribution in [2.75, 3.05) is 6.61 Å². The standard InChI is InChI=1S/C18H30NO3Si/c1-18(2,3)9-8-15(22-23(4)5)16-14(20)12-21-17(16)13-7-6-10-19-11-13/h6-7,10-11,14-17,20H,8-9,12H2,1-5H3. The van der Waals surface area contributed by atoms with Crippen molar-refractivity contribution in [2.24, 2.45) is 11.3 Å². The van der Waals surface area contributed by atoms with Gasteiger partial charge >= 0.3 is 0 Å². The zero-order chi connectivity index (χ0) is 17.0. The van der Waals surface area contributed by atoms with Crippen molar-refractivity contribution in [1.82, 2.24) is 4.98 Å². The molecule has 1 aromatic heterocycles. The minimum absolute atomic E-state index is 0.0264. The van der Waals surface area contributed by atoms with Gasteiger partial charge in [0.25, 0.3) is 0 Å². The molecule has 5 heteroatoms. The number of aliphatic hydroxyl groups is 1. The number of aromatic nitrogens is 1. The molecule has 1 aliphatic rings. The van der Waals surface area contributed by atoms with Crippen molar-refractivity contribution >= 4 is 9.04 Å². The SMILES string of the molecule is C[Si](C)OC(CCC(C)(C)C)C1C(O)COC1c1cccnc1. The molecule has 0 bridgehead atoms. The Hall–Kier alpha value is -0.753. The van der Waals surface area contributed by atoms with E-state index in [-0.39, 0.29) is 23.5 Å². The second-order valence-corrected chi connectivity index (χ2v) is 9.90. The van der Waals surface area contributed by atoms with Gasteiger partial charge in [-0.1, -0.05) is 26.8 Å². The van der Waals surface area contributed by atoms with Crippen LogP contribution in [-0.4, -0.2) is 37.9 Å². The molecule has 0 spiro atoms. The molecule has 0 amide bonds. The van der Waals surface area contributed by atoms with Crippen LogP contribution in [0, 0.1) is 11.3 Å². The summed E-state index contributed by atoms with van der Waals surface area (Å²) in [6, 6.07) is 3.94. The Balaban J connectivity index is 2.19. The van der Waals surface area contributed by atoms with Crippen LogP contribution in [0.5, 0.6) is 0 Å². The summed E-state index contributed by atoms with van der Waals surface area (Å²) in [5, 5.41) is 10.5. The largest absolute Gasteiger partial charge is 0.414 e. The van der Waals surface area contributed by atoms with Gasteiger partial charge in [0.2, 0.25) is 9.04 Å². The van der Waals surface area contributed by atoms with Gasteiger partial charge in [0.15, 0.2) is 0 Å². The van der Waals surface area contributed by atoms with E-state index >= 15 is 0 Å². The van der Waals surface area contributed by atoms with Gasteiger partial charge in [0, 0.05) is 18.3 Å². The highest BCUT2D eigenvalue weighted by Gasteiger charge is 2.43. The quantitative estimate of drug-likeness (QED) is 0.807. The van der Waals surface area contributed by atoms with Gasteiger partial charge < -0.3 is 14.3 Å². The summed E-state index contributed by atoms with van der Waals surface area (Å²) < 4.78 is 12.2. The van der Waals surface area contributed by atoms with Gasteiger partial charge in [-0.05, 0) is 43.0 Å². The third-order valence-corrected chi connectivity index (χ3v) is 5.02. The molecule has 23 heavy (non-hydrogen) atoms. The molecular formula is C18H30NO3Si. The lowest BCUT2D eigenvalue weighted by Gasteiger charge is -2.33. The zero-order valence-electron chi connectivity index (χ0n) is 15.0. The van der Waals surface area contributed by atoms with Crippen LogP contribution in [0.25, 0.3) is 0 Å². The third-order valence-electron chi connectivity index (χ3n) is 4.25. The highest BCUT2D eigenvalue weighted by Crippen LogP contribution is 2.40. The van der Waals surface area contributed by atoms with Crippen molar-refractivity contribution in [3.8, 4) is 0 Å². The van der Waals surface area contributed by atoms with Crippen LogP contribution in [-0.2, 0) is 9.16 Å². The Morgan fingerprint density at radius 2 is 2.17 bits per heavy atom. The van der Waals surface area contributed by atoms with Gasteiger partial charge in [-0.3, -0.25) is 4.98 Å². The molecule has 1 aromatic rings. The third kappa shape index (κ3) is 5.38. The van der Waals surface area contributed by atoms with Crippen molar-refractivity contribution in [2.45, 2.75) is 65.0 Å². The average molecular weight is 337 g/mol. The highest BCUT2D eigenvalue weighted by molar-refractivity contribution is 6.48. The molecule has 1 N–H and O–H groups in total. The minimum atomic E-state index is -0.847. The predicted molar refractivity (Wildman–Crippen MR) is 93.5 cm³/mol. The van der Waals surface area contributed by atoms with Crippen molar-refractivity contribution in [3.63, 3.8) is 0 Å². The molecule has 4 unspecified atom stereocenters. The maximum absolute atomic E-state index is 10.5. The zero-order valence-corrected chi connectivity index (χ0v) is 16.0. The average Bonchev–Trinajstić information content (AvgIpc) is 2.85. The topological polar surface area (TPSA) is 51.6 Å². The van der Waals surface area contributed by atoms with Gasteiger partial charge in [0.1, 0.15) is 0 Å². The van der Waals surface area contributed by atoms with E-state index in [0.717, 1.165) is 18.4 Å². The van der Waals surface area contributed by atoms with Crippen LogP contribution in [0.4, 0.5) is 0 Å². The maximum atomic E-state index is 10.5. The molecule has 1 fully saturated rings.